The molecule has 9 nitrogen and oxygen atoms in total. The predicted octanol–water partition coefficient (Wildman–Crippen LogP) is 28.9. The molecule has 0 bridgehead atoms. The number of para-hydroxylation sites is 2. The average molecular weight is 1550 g/mol. The molecule has 0 fully saturated rings. The van der Waals surface area contributed by atoms with Crippen molar-refractivity contribution in [3.8, 4) is 124 Å². The number of rotatable bonds is 12. The van der Waals surface area contributed by atoms with Gasteiger partial charge in [-0.3, -0.25) is 15.0 Å². The Kier molecular flexibility index (Phi) is 17.4. The van der Waals surface area contributed by atoms with Crippen molar-refractivity contribution in [3.63, 3.8) is 0 Å². The van der Waals surface area contributed by atoms with Crippen LogP contribution in [0.3, 0.4) is 0 Å². The summed E-state index contributed by atoms with van der Waals surface area (Å²) in [5, 5.41) is 18.9. The fraction of sp³-hybridized carbons (Fsp3) is 0. The number of fused-ring (bicyclic) bond motifs is 13. The highest BCUT2D eigenvalue weighted by molar-refractivity contribution is 6.24. The van der Waals surface area contributed by atoms with Crippen molar-refractivity contribution in [1.29, 1.82) is 0 Å². The van der Waals surface area contributed by atoms with Gasteiger partial charge in [-0.05, 0) is 212 Å². The summed E-state index contributed by atoms with van der Waals surface area (Å²) in [6.07, 6.45) is 11.3. The Morgan fingerprint density at radius 1 is 0.172 bits per heavy atom. The van der Waals surface area contributed by atoms with Crippen LogP contribution in [0.4, 0.5) is 0 Å². The van der Waals surface area contributed by atoms with Crippen molar-refractivity contribution in [3.05, 3.63) is 431 Å². The van der Waals surface area contributed by atoms with Crippen molar-refractivity contribution >= 4 is 108 Å². The van der Waals surface area contributed by atoms with Crippen LogP contribution in [-0.2, 0) is 0 Å². The van der Waals surface area contributed by atoms with Crippen LogP contribution >= 0.6 is 0 Å². The monoisotopic (exact) mass is 1550 g/mol. The van der Waals surface area contributed by atoms with Gasteiger partial charge in [0.15, 0.2) is 11.6 Å². The Balaban J connectivity index is 0.000000143. The molecular weight excluding hydrogens is 1480 g/mol. The van der Waals surface area contributed by atoms with Crippen molar-refractivity contribution in [2.75, 3.05) is 0 Å². The maximum atomic E-state index is 5.42. The van der Waals surface area contributed by atoms with Crippen LogP contribution in [0.25, 0.3) is 232 Å². The van der Waals surface area contributed by atoms with Gasteiger partial charge in [-0.25, -0.2) is 19.9 Å². The Hall–Kier alpha value is -16.5. The topological polar surface area (TPSA) is 100 Å². The Morgan fingerprint density at radius 3 is 1.01 bits per heavy atom. The van der Waals surface area contributed by atoms with Crippen LogP contribution in [0.15, 0.2) is 431 Å². The van der Waals surface area contributed by atoms with E-state index in [-0.39, 0.29) is 0 Å². The van der Waals surface area contributed by atoms with Crippen LogP contribution in [-0.4, -0.2) is 44.0 Å². The molecule has 9 heteroatoms. The molecule has 7 heterocycles. The molecule has 568 valence electrons. The van der Waals surface area contributed by atoms with E-state index < -0.39 is 0 Å². The third-order valence-corrected chi connectivity index (χ3v) is 24.0. The van der Waals surface area contributed by atoms with Crippen molar-refractivity contribution in [1.82, 2.24) is 44.0 Å². The van der Waals surface area contributed by atoms with Gasteiger partial charge in [-0.15, -0.1) is 0 Å². The van der Waals surface area contributed by atoms with Gasteiger partial charge in [0.05, 0.1) is 44.8 Å². The summed E-state index contributed by atoms with van der Waals surface area (Å²) in [4.78, 5) is 34.8. The van der Waals surface area contributed by atoms with Crippen LogP contribution in [0.5, 0.6) is 0 Å². The van der Waals surface area contributed by atoms with E-state index in [0.29, 0.717) is 11.6 Å². The number of nitrogens with zero attached hydrogens (tertiary/aromatic N) is 9. The van der Waals surface area contributed by atoms with E-state index >= 15 is 0 Å². The lowest BCUT2D eigenvalue weighted by molar-refractivity contribution is 1.17. The molecule has 122 heavy (non-hydrogen) atoms. The van der Waals surface area contributed by atoms with Crippen molar-refractivity contribution in [2.24, 2.45) is 0 Å². The smallest absolute Gasteiger partial charge is 0.160 e. The first-order valence-corrected chi connectivity index (χ1v) is 41.2. The van der Waals surface area contributed by atoms with E-state index in [1.165, 1.54) is 103 Å². The van der Waals surface area contributed by atoms with E-state index in [2.05, 4.69) is 394 Å². The maximum absolute atomic E-state index is 5.42. The largest absolute Gasteiger partial charge is 0.309 e. The molecule has 0 aliphatic rings. The average Bonchev–Trinajstić information content (AvgIpc) is 0.826. The molecule has 0 aliphatic carbocycles. The number of benzene rings is 17. The summed E-state index contributed by atoms with van der Waals surface area (Å²) >= 11 is 0. The first-order chi connectivity index (χ1) is 60.5. The van der Waals surface area contributed by atoms with E-state index in [0.717, 1.165) is 117 Å². The fourth-order valence-electron chi connectivity index (χ4n) is 18.6. The van der Waals surface area contributed by atoms with Gasteiger partial charge in [-0.1, -0.05) is 291 Å². The highest BCUT2D eigenvalue weighted by atomic mass is 15.0. The highest BCUT2D eigenvalue weighted by Crippen LogP contribution is 2.49. The standard InChI is InChI=1S/C61H38N4.C52H33N5/c1-3-16-39(17-4-1)55-37-56(52-35-40-18-7-8-23-45(40)46-24-9-10-25-47(46)52)64-61(63-55)43-20-15-19-41(34-43)59-48-26-11-13-28-50(48)60(51-29-14-12-27-49(51)59)42-30-31-57-53(36-42)54-38-62-33-32-58(54)65(57)44-21-5-2-6-22-44;1-3-13-34(14-4-1)50-40-20-7-9-22-42(40)51(43-23-10-8-21-41(43)50)36-15-11-16-37(29-36)52-55-46(31-47(56-52)38-17-12-27-53-32-38)35-24-25-48-44(30-35)45-33-54-28-26-49(45)57(48)39-18-5-2-6-19-39/h1-38H;1-33H. The zero-order valence-electron chi connectivity index (χ0n) is 66.0. The maximum Gasteiger partial charge on any atom is 0.160 e. The molecule has 0 spiro atoms. The molecule has 7 aromatic heterocycles. The lowest BCUT2D eigenvalue weighted by atomic mass is 9.85. The molecule has 24 aromatic rings. The van der Waals surface area contributed by atoms with Crippen LogP contribution in [0.2, 0.25) is 0 Å². The Bertz CT molecular complexity index is 8140. The minimum absolute atomic E-state index is 0.649. The highest BCUT2D eigenvalue weighted by Gasteiger charge is 2.25. The molecule has 0 aliphatic heterocycles. The summed E-state index contributed by atoms with van der Waals surface area (Å²) in [6.45, 7) is 0. The molecule has 24 rings (SSSR count). The minimum Gasteiger partial charge on any atom is -0.309 e. The van der Waals surface area contributed by atoms with E-state index in [4.69, 9.17) is 19.9 Å². The lowest BCUT2D eigenvalue weighted by Gasteiger charge is -2.18. The Labute approximate surface area is 702 Å². The molecule has 0 atom stereocenters. The normalized spacial score (nSPS) is 11.6. The number of pyridine rings is 3. The van der Waals surface area contributed by atoms with E-state index in [1.807, 2.05) is 55.2 Å². The van der Waals surface area contributed by atoms with Gasteiger partial charge >= 0.3 is 0 Å². The first-order valence-electron chi connectivity index (χ1n) is 41.2. The van der Waals surface area contributed by atoms with Gasteiger partial charge in [-0.2, -0.15) is 0 Å². The predicted molar refractivity (Wildman–Crippen MR) is 506 cm³/mol. The summed E-state index contributed by atoms with van der Waals surface area (Å²) in [5.41, 5.74) is 25.6. The SMILES string of the molecule is c1ccc(-c2c3ccccc3c(-c3cccc(-c4nc(-c5cccnc5)cc(-c5ccc6c(c5)c5cnccc5n6-c5ccccc5)n4)c3)c3ccccc23)cc1.c1ccc(-c2cc(-c3cc4ccccc4c4ccccc34)nc(-c3cccc(-c4c5ccccc5c(-c5ccc6c(c5)c5cnccc5n6-c5ccccc5)c5ccccc45)c3)n2)cc1. The van der Waals surface area contributed by atoms with E-state index in [1.54, 1.807) is 6.20 Å². The first kappa shape index (κ1) is 70.9. The van der Waals surface area contributed by atoms with Gasteiger partial charge in [0.25, 0.3) is 0 Å². The quantitative estimate of drug-likeness (QED) is 0.0887. The van der Waals surface area contributed by atoms with Crippen molar-refractivity contribution in [2.45, 2.75) is 0 Å². The molecule has 0 saturated heterocycles. The van der Waals surface area contributed by atoms with Gasteiger partial charge in [0, 0.05) is 103 Å². The minimum atomic E-state index is 0.649. The summed E-state index contributed by atoms with van der Waals surface area (Å²) in [7, 11) is 0. The van der Waals surface area contributed by atoms with Crippen LogP contribution < -0.4 is 0 Å². The third kappa shape index (κ3) is 12.3. The van der Waals surface area contributed by atoms with Crippen LogP contribution in [0, 0.1) is 0 Å². The second kappa shape index (κ2) is 29.9. The van der Waals surface area contributed by atoms with Gasteiger partial charge < -0.3 is 9.13 Å². The van der Waals surface area contributed by atoms with Gasteiger partial charge in [0.1, 0.15) is 0 Å². The Morgan fingerprint density at radius 2 is 0.516 bits per heavy atom. The van der Waals surface area contributed by atoms with E-state index in [9.17, 15) is 0 Å². The number of hydrogen-bond acceptors (Lipinski definition) is 7. The second-order valence-electron chi connectivity index (χ2n) is 31.0. The third-order valence-electron chi connectivity index (χ3n) is 24.0. The zero-order chi connectivity index (χ0) is 80.6. The summed E-state index contributed by atoms with van der Waals surface area (Å²) in [5.74, 6) is 1.33. The summed E-state index contributed by atoms with van der Waals surface area (Å²) < 4.78 is 4.64. The van der Waals surface area contributed by atoms with Crippen molar-refractivity contribution < 1.29 is 0 Å². The number of aromatic nitrogens is 9. The summed E-state index contributed by atoms with van der Waals surface area (Å²) in [6, 6.07) is 140. The van der Waals surface area contributed by atoms with Crippen LogP contribution in [0.1, 0.15) is 0 Å². The fourth-order valence-corrected chi connectivity index (χ4v) is 18.6. The number of hydrogen-bond donors (Lipinski definition) is 0. The molecular formula is C113H71N9. The molecule has 0 saturated carbocycles. The molecule has 0 radical (unpaired) electrons. The lowest BCUT2D eigenvalue weighted by Crippen LogP contribution is -1.97. The van der Waals surface area contributed by atoms with Gasteiger partial charge in [0.2, 0.25) is 0 Å². The molecule has 0 N–H and O–H groups in total. The second-order valence-corrected chi connectivity index (χ2v) is 31.0. The zero-order valence-corrected chi connectivity index (χ0v) is 66.0. The molecule has 0 amide bonds. The molecule has 0 unspecified atom stereocenters. The molecule has 17 aromatic carbocycles.